The molecule has 0 amide bonds. The van der Waals surface area contributed by atoms with Crippen LogP contribution in [0.4, 0.5) is 0 Å². The Morgan fingerprint density at radius 2 is 1.48 bits per heavy atom. The molecule has 0 aliphatic carbocycles. The van der Waals surface area contributed by atoms with Crippen molar-refractivity contribution in [2.24, 2.45) is 5.41 Å². The predicted octanol–water partition coefficient (Wildman–Crippen LogP) is 4.03. The van der Waals surface area contributed by atoms with E-state index in [1.807, 2.05) is 56.3 Å². The zero-order valence-electron chi connectivity index (χ0n) is 19.1. The van der Waals surface area contributed by atoms with Gasteiger partial charge in [0.15, 0.2) is 0 Å². The van der Waals surface area contributed by atoms with E-state index in [9.17, 15) is 9.59 Å². The van der Waals surface area contributed by atoms with Crippen LogP contribution in [0.5, 0.6) is 0 Å². The van der Waals surface area contributed by atoms with Gasteiger partial charge in [0.1, 0.15) is 19.0 Å². The van der Waals surface area contributed by atoms with Gasteiger partial charge in [0.05, 0.1) is 5.57 Å². The molecule has 1 heterocycles. The van der Waals surface area contributed by atoms with Crippen molar-refractivity contribution in [2.45, 2.75) is 52.2 Å². The summed E-state index contributed by atoms with van der Waals surface area (Å²) in [6.45, 7) is 10.5. The summed E-state index contributed by atoms with van der Waals surface area (Å²) in [5, 5.41) is 2.11. The van der Waals surface area contributed by atoms with E-state index in [0.717, 1.165) is 16.7 Å². The zero-order valence-corrected chi connectivity index (χ0v) is 20.1. The van der Waals surface area contributed by atoms with Crippen LogP contribution < -0.4 is 10.4 Å². The molecule has 1 aliphatic heterocycles. The Balaban J connectivity index is 2.12. The fourth-order valence-corrected chi connectivity index (χ4v) is 8.73. The van der Waals surface area contributed by atoms with E-state index < -0.39 is 19.8 Å². The number of rotatable bonds is 7. The third kappa shape index (κ3) is 4.73. The number of benzene rings is 2. The van der Waals surface area contributed by atoms with Gasteiger partial charge in [0.25, 0.3) is 8.32 Å². The highest BCUT2D eigenvalue weighted by Crippen LogP contribution is 2.39. The van der Waals surface area contributed by atoms with Gasteiger partial charge in [0, 0.05) is 5.41 Å². The van der Waals surface area contributed by atoms with Crippen molar-refractivity contribution in [2.75, 3.05) is 6.61 Å². The summed E-state index contributed by atoms with van der Waals surface area (Å²) in [6, 6.07) is 20.7. The normalized spacial score (nSPS) is 18.8. The number of hydrogen-bond acceptors (Lipinski definition) is 4. The second-order valence-electron chi connectivity index (χ2n) is 9.84. The largest absolute Gasteiger partial charge is 0.459 e. The van der Waals surface area contributed by atoms with Gasteiger partial charge in [0.2, 0.25) is 0 Å². The lowest BCUT2D eigenvalue weighted by atomic mass is 9.90. The third-order valence-corrected chi connectivity index (χ3v) is 10.9. The van der Waals surface area contributed by atoms with Gasteiger partial charge in [-0.15, -0.1) is 0 Å². The summed E-state index contributed by atoms with van der Waals surface area (Å²) in [5.41, 5.74) is -0.0272. The van der Waals surface area contributed by atoms with Crippen molar-refractivity contribution in [1.82, 2.24) is 0 Å². The molecule has 5 heteroatoms. The molecule has 2 aromatic rings. The van der Waals surface area contributed by atoms with Crippen LogP contribution >= 0.6 is 0 Å². The number of carbonyl (C=O) groups excluding carboxylic acids is 2. The maximum Gasteiger partial charge on any atom is 0.336 e. The van der Waals surface area contributed by atoms with Gasteiger partial charge in [-0.2, -0.15) is 0 Å². The van der Waals surface area contributed by atoms with Gasteiger partial charge >= 0.3 is 5.97 Å². The minimum absolute atomic E-state index is 0.191. The number of allylic oxidation sites excluding steroid dienone is 1. The van der Waals surface area contributed by atoms with Crippen LogP contribution in [-0.4, -0.2) is 33.3 Å². The molecule has 1 saturated heterocycles. The van der Waals surface area contributed by atoms with Gasteiger partial charge in [-0.25, -0.2) is 4.79 Å². The Morgan fingerprint density at radius 1 is 0.968 bits per heavy atom. The van der Waals surface area contributed by atoms with Crippen LogP contribution in [0.3, 0.4) is 0 Å². The van der Waals surface area contributed by atoms with Crippen molar-refractivity contribution in [3.8, 4) is 0 Å². The molecule has 31 heavy (non-hydrogen) atoms. The summed E-state index contributed by atoms with van der Waals surface area (Å²) in [6.07, 6.45) is 2.73. The fraction of sp³-hybridized carbons (Fsp3) is 0.385. The molecule has 0 spiro atoms. The van der Waals surface area contributed by atoms with E-state index in [2.05, 4.69) is 45.0 Å². The average Bonchev–Trinajstić information content (AvgIpc) is 3.10. The molecule has 1 atom stereocenters. The first kappa shape index (κ1) is 23.2. The number of hydrogen-bond donors (Lipinski definition) is 0. The minimum atomic E-state index is -2.81. The van der Waals surface area contributed by atoms with Gasteiger partial charge in [-0.1, -0.05) is 101 Å². The number of esters is 1. The van der Waals surface area contributed by atoms with Crippen LogP contribution in [0.25, 0.3) is 0 Å². The van der Waals surface area contributed by atoms with Crippen LogP contribution in [0.1, 0.15) is 41.0 Å². The van der Waals surface area contributed by atoms with Crippen molar-refractivity contribution >= 4 is 30.9 Å². The first-order valence-electron chi connectivity index (χ1n) is 10.7. The van der Waals surface area contributed by atoms with Crippen LogP contribution in [-0.2, 0) is 18.8 Å². The van der Waals surface area contributed by atoms with Gasteiger partial charge < -0.3 is 14.0 Å². The summed E-state index contributed by atoms with van der Waals surface area (Å²) in [7, 11) is -2.81. The number of aldehydes is 1. The first-order valence-corrected chi connectivity index (χ1v) is 12.6. The standard InChI is InChI=1S/C26H32O4Si/c1-25(2,3)31(20-12-8-6-9-13-20,21-14-10-7-11-15-21)30-23-18-29-24(28)22(23)16-17-26(4,5)19-27/h6-16,19,23H,17-18H2,1-5H3/b22-16+. The van der Waals surface area contributed by atoms with E-state index >= 15 is 0 Å². The SMILES string of the molecule is CC(C)(C=O)C/C=C1/C(=O)OCC1O[Si](c1ccccc1)(c1ccccc1)C(C)(C)C. The topological polar surface area (TPSA) is 52.6 Å². The van der Waals surface area contributed by atoms with Crippen LogP contribution in [0.15, 0.2) is 72.3 Å². The second kappa shape index (κ2) is 8.93. The maximum absolute atomic E-state index is 12.6. The van der Waals surface area contributed by atoms with E-state index in [-0.39, 0.29) is 17.6 Å². The van der Waals surface area contributed by atoms with E-state index in [1.54, 1.807) is 0 Å². The highest BCUT2D eigenvalue weighted by Gasteiger charge is 2.53. The molecule has 2 aromatic carbocycles. The predicted molar refractivity (Wildman–Crippen MR) is 126 cm³/mol. The molecule has 0 saturated carbocycles. The molecule has 0 radical (unpaired) electrons. The maximum atomic E-state index is 12.6. The Bertz CT molecular complexity index is 903. The van der Waals surface area contributed by atoms with E-state index in [1.165, 1.54) is 0 Å². The molecule has 4 nitrogen and oxygen atoms in total. The zero-order chi connectivity index (χ0) is 22.7. The third-order valence-electron chi connectivity index (χ3n) is 5.85. The van der Waals surface area contributed by atoms with Crippen molar-refractivity contribution in [3.05, 3.63) is 72.3 Å². The van der Waals surface area contributed by atoms with E-state index in [0.29, 0.717) is 12.0 Å². The van der Waals surface area contributed by atoms with Crippen LogP contribution in [0, 0.1) is 5.41 Å². The second-order valence-corrected chi connectivity index (χ2v) is 14.1. The Labute approximate surface area is 186 Å². The quantitative estimate of drug-likeness (QED) is 0.285. The number of cyclic esters (lactones) is 1. The van der Waals surface area contributed by atoms with Crippen molar-refractivity contribution in [1.29, 1.82) is 0 Å². The lowest BCUT2D eigenvalue weighted by molar-refractivity contribution is -0.135. The molecule has 0 bridgehead atoms. The highest BCUT2D eigenvalue weighted by atomic mass is 28.4. The smallest absolute Gasteiger partial charge is 0.336 e. The molecule has 1 unspecified atom stereocenters. The Morgan fingerprint density at radius 3 is 1.94 bits per heavy atom. The minimum Gasteiger partial charge on any atom is -0.459 e. The Kier molecular flexibility index (Phi) is 6.67. The molecule has 164 valence electrons. The van der Waals surface area contributed by atoms with Crippen LogP contribution in [0.2, 0.25) is 5.04 Å². The summed E-state index contributed by atoms with van der Waals surface area (Å²) in [5.74, 6) is -0.357. The number of ether oxygens (including phenoxy) is 1. The highest BCUT2D eigenvalue weighted by molar-refractivity contribution is 6.99. The molecule has 1 fully saturated rings. The lowest BCUT2D eigenvalue weighted by Crippen LogP contribution is -2.67. The summed E-state index contributed by atoms with van der Waals surface area (Å²) in [4.78, 5) is 23.9. The van der Waals surface area contributed by atoms with Gasteiger partial charge in [-0.3, -0.25) is 0 Å². The summed E-state index contributed by atoms with van der Waals surface area (Å²) < 4.78 is 12.5. The first-order chi connectivity index (χ1) is 14.6. The molecule has 1 aliphatic rings. The molecular formula is C26H32O4Si. The fourth-order valence-electron chi connectivity index (χ4n) is 4.09. The molecule has 0 aromatic heterocycles. The molecular weight excluding hydrogens is 404 g/mol. The summed E-state index contributed by atoms with van der Waals surface area (Å²) >= 11 is 0. The lowest BCUT2D eigenvalue weighted by Gasteiger charge is -2.44. The van der Waals surface area contributed by atoms with Gasteiger partial charge in [-0.05, 0) is 21.8 Å². The Hall–Kier alpha value is -2.50. The van der Waals surface area contributed by atoms with E-state index in [4.69, 9.17) is 9.16 Å². The molecule has 3 rings (SSSR count). The molecule has 0 N–H and O–H groups in total. The van der Waals surface area contributed by atoms with Crippen molar-refractivity contribution < 1.29 is 18.8 Å². The monoisotopic (exact) mass is 436 g/mol. The number of carbonyl (C=O) groups is 2. The van der Waals surface area contributed by atoms with Crippen molar-refractivity contribution in [3.63, 3.8) is 0 Å². The average molecular weight is 437 g/mol.